The molecule has 7 unspecified atom stereocenters. The van der Waals surface area contributed by atoms with Crippen molar-refractivity contribution >= 4 is 28.0 Å². The summed E-state index contributed by atoms with van der Waals surface area (Å²) in [5, 5.41) is 0.111. The first kappa shape index (κ1) is 33.5. The Balaban J connectivity index is 2.33. The second kappa shape index (κ2) is 15.4. The van der Waals surface area contributed by atoms with Crippen LogP contribution in [0.15, 0.2) is 0 Å². The van der Waals surface area contributed by atoms with Crippen LogP contribution in [0.5, 0.6) is 0 Å². The van der Waals surface area contributed by atoms with Gasteiger partial charge in [-0.15, -0.1) is 11.6 Å². The highest BCUT2D eigenvalue weighted by atomic mass is 35.5. The number of alkyl halides is 1. The topological polar surface area (TPSA) is 55.4 Å². The molecule has 0 bridgehead atoms. The fraction of sp³-hybridized carbons (Fsp3) is 1.00. The minimum absolute atomic E-state index is 0.0248. The van der Waals surface area contributed by atoms with Crippen LogP contribution in [0.4, 0.5) is 0 Å². The predicted molar refractivity (Wildman–Crippen MR) is 157 cm³/mol. The van der Waals surface area contributed by atoms with Gasteiger partial charge in [0.15, 0.2) is 14.6 Å². The fourth-order valence-corrected chi connectivity index (χ4v) is 6.85. The molecule has 218 valence electrons. The van der Waals surface area contributed by atoms with Crippen LogP contribution >= 0.6 is 11.6 Å². The van der Waals surface area contributed by atoms with Crippen molar-refractivity contribution in [2.24, 2.45) is 11.8 Å². The van der Waals surface area contributed by atoms with Gasteiger partial charge in [-0.2, -0.15) is 0 Å². The Morgan fingerprint density at radius 2 is 1.51 bits per heavy atom. The van der Waals surface area contributed by atoms with Crippen LogP contribution in [-0.4, -0.2) is 78.4 Å². The van der Waals surface area contributed by atoms with Gasteiger partial charge in [0.05, 0.1) is 24.4 Å². The van der Waals surface area contributed by atoms with Gasteiger partial charge in [-0.3, -0.25) is 0 Å². The molecule has 0 N–H and O–H groups in total. The molecule has 2 rings (SSSR count). The second-order valence-electron chi connectivity index (χ2n) is 12.8. The standard InChI is InChI=1S/C28H56BClO6Si/c1-10-12-14-31-25-24(35-29)20(4)33-27(26(25)32-15-13-11-2)34-23-19(3)16-21(18-30)17-22(23)36-37(8,9)28(5,6)7/h19-27H,10-18,29H2,1-9H3/t19-,20?,21?,22?,23?,24?,25?,26?,27+/m1/s1. The van der Waals surface area contributed by atoms with Crippen molar-refractivity contribution < 1.29 is 28.0 Å². The summed E-state index contributed by atoms with van der Waals surface area (Å²) in [7, 11) is -0.294. The van der Waals surface area contributed by atoms with Gasteiger partial charge in [0.2, 0.25) is 0 Å². The van der Waals surface area contributed by atoms with Gasteiger partial charge in [-0.05, 0) is 62.6 Å². The number of hydrogen-bond donors (Lipinski definition) is 0. The summed E-state index contributed by atoms with van der Waals surface area (Å²) in [4.78, 5) is 0. The lowest BCUT2D eigenvalue weighted by Gasteiger charge is -2.50. The molecule has 9 heteroatoms. The van der Waals surface area contributed by atoms with Gasteiger partial charge in [0.1, 0.15) is 12.2 Å². The average Bonchev–Trinajstić information content (AvgIpc) is 2.81. The summed E-state index contributed by atoms with van der Waals surface area (Å²) in [6.45, 7) is 21.4. The Labute approximate surface area is 234 Å². The first-order valence-corrected chi connectivity index (χ1v) is 18.1. The van der Waals surface area contributed by atoms with E-state index in [1.54, 1.807) is 8.05 Å². The van der Waals surface area contributed by atoms with Gasteiger partial charge in [-0.25, -0.2) is 0 Å². The van der Waals surface area contributed by atoms with Crippen molar-refractivity contribution in [3.63, 3.8) is 0 Å². The van der Waals surface area contributed by atoms with Gasteiger partial charge in [0.25, 0.3) is 8.05 Å². The summed E-state index contributed by atoms with van der Waals surface area (Å²) in [6.07, 6.45) is 4.36. The monoisotopic (exact) mass is 562 g/mol. The number of rotatable bonds is 14. The zero-order valence-electron chi connectivity index (χ0n) is 25.4. The van der Waals surface area contributed by atoms with Crippen molar-refractivity contribution in [1.82, 2.24) is 0 Å². The fourth-order valence-electron chi connectivity index (χ4n) is 5.26. The molecule has 1 heterocycles. The first-order chi connectivity index (χ1) is 17.4. The zero-order chi connectivity index (χ0) is 27.8. The Bertz CT molecular complexity index is 651. The van der Waals surface area contributed by atoms with Crippen molar-refractivity contribution in [3.8, 4) is 0 Å². The van der Waals surface area contributed by atoms with E-state index in [9.17, 15) is 0 Å². The van der Waals surface area contributed by atoms with E-state index in [0.717, 1.165) is 38.5 Å². The van der Waals surface area contributed by atoms with E-state index in [1.807, 2.05) is 6.92 Å². The lowest BCUT2D eigenvalue weighted by molar-refractivity contribution is -0.326. The van der Waals surface area contributed by atoms with Crippen molar-refractivity contribution in [2.45, 2.75) is 148 Å². The predicted octanol–water partition coefficient (Wildman–Crippen LogP) is 6.10. The number of unbranched alkanes of at least 4 members (excludes halogenated alkanes) is 2. The normalized spacial score (nSPS) is 35.6. The van der Waals surface area contributed by atoms with Crippen LogP contribution in [-0.2, 0) is 28.0 Å². The maximum absolute atomic E-state index is 7.01. The van der Waals surface area contributed by atoms with Crippen LogP contribution in [0, 0.1) is 11.8 Å². The number of ether oxygens (including phenoxy) is 4. The summed E-state index contributed by atoms with van der Waals surface area (Å²) in [5.41, 5.74) is 0. The third kappa shape index (κ3) is 9.17. The molecular weight excluding hydrogens is 507 g/mol. The summed E-state index contributed by atoms with van der Waals surface area (Å²) < 4.78 is 39.2. The molecule has 1 aliphatic carbocycles. The largest absolute Gasteiger partial charge is 0.436 e. The highest BCUT2D eigenvalue weighted by Gasteiger charge is 2.50. The van der Waals surface area contributed by atoms with E-state index in [0.29, 0.717) is 30.9 Å². The molecule has 37 heavy (non-hydrogen) atoms. The molecule has 6 nitrogen and oxygen atoms in total. The minimum atomic E-state index is -2.02. The maximum Gasteiger partial charge on any atom is 0.257 e. The Morgan fingerprint density at radius 3 is 2.03 bits per heavy atom. The van der Waals surface area contributed by atoms with E-state index in [-0.39, 0.29) is 41.7 Å². The average molecular weight is 563 g/mol. The first-order valence-electron chi connectivity index (χ1n) is 14.7. The minimum Gasteiger partial charge on any atom is -0.436 e. The molecule has 2 aliphatic rings. The molecule has 0 spiro atoms. The number of hydrogen-bond acceptors (Lipinski definition) is 6. The third-order valence-electron chi connectivity index (χ3n) is 8.58. The van der Waals surface area contributed by atoms with Crippen LogP contribution in [0.25, 0.3) is 0 Å². The van der Waals surface area contributed by atoms with Gasteiger partial charge in [0, 0.05) is 19.1 Å². The molecule has 2 fully saturated rings. The summed E-state index contributed by atoms with van der Waals surface area (Å²) in [6, 6.07) is 0. The van der Waals surface area contributed by atoms with Crippen molar-refractivity contribution in [1.29, 1.82) is 0 Å². The second-order valence-corrected chi connectivity index (χ2v) is 17.8. The Morgan fingerprint density at radius 1 is 0.919 bits per heavy atom. The van der Waals surface area contributed by atoms with Crippen LogP contribution in [0.3, 0.4) is 0 Å². The molecule has 0 aromatic carbocycles. The molecule has 0 amide bonds. The molecule has 1 aliphatic heterocycles. The smallest absolute Gasteiger partial charge is 0.257 e. The molecule has 0 radical (unpaired) electrons. The van der Waals surface area contributed by atoms with E-state index in [2.05, 4.69) is 54.6 Å². The van der Waals surface area contributed by atoms with E-state index in [1.165, 1.54) is 0 Å². The molecule has 1 saturated heterocycles. The van der Waals surface area contributed by atoms with Gasteiger partial charge in [-0.1, -0.05) is 54.4 Å². The van der Waals surface area contributed by atoms with Crippen LogP contribution in [0.1, 0.15) is 87.0 Å². The van der Waals surface area contributed by atoms with E-state index >= 15 is 0 Å². The van der Waals surface area contributed by atoms with Crippen molar-refractivity contribution in [3.05, 3.63) is 0 Å². The van der Waals surface area contributed by atoms with Gasteiger partial charge >= 0.3 is 0 Å². The van der Waals surface area contributed by atoms with Gasteiger partial charge < -0.3 is 28.0 Å². The quantitative estimate of drug-likeness (QED) is 0.145. The van der Waals surface area contributed by atoms with Crippen LogP contribution < -0.4 is 0 Å². The molecule has 1 saturated carbocycles. The van der Waals surface area contributed by atoms with Crippen LogP contribution in [0.2, 0.25) is 18.1 Å². The lowest BCUT2D eigenvalue weighted by atomic mass is 9.79. The Hall–Kier alpha value is 0.332. The lowest BCUT2D eigenvalue weighted by Crippen LogP contribution is -2.62. The third-order valence-corrected chi connectivity index (χ3v) is 13.5. The molecule has 0 aromatic heterocycles. The van der Waals surface area contributed by atoms with E-state index < -0.39 is 14.6 Å². The summed E-state index contributed by atoms with van der Waals surface area (Å²) in [5.74, 6) is 1.37. The number of halogens is 1. The van der Waals surface area contributed by atoms with Crippen molar-refractivity contribution in [2.75, 3.05) is 19.1 Å². The molecule has 0 aromatic rings. The zero-order valence-corrected chi connectivity index (χ0v) is 27.1. The summed E-state index contributed by atoms with van der Waals surface area (Å²) >= 11 is 6.38. The highest BCUT2D eigenvalue weighted by Crippen LogP contribution is 2.43. The molecule has 9 atom stereocenters. The SMILES string of the molecule is BOC1C(C)O[C@@H](OC2C(O[Si](C)(C)C(C)(C)C)CC(CCl)C[C@H]2C)C(OCCCC)C1OCCCC. The Kier molecular flexibility index (Phi) is 13.9. The highest BCUT2D eigenvalue weighted by molar-refractivity contribution is 6.74. The maximum atomic E-state index is 7.01. The molecular formula is C28H56BClO6Si. The van der Waals surface area contributed by atoms with E-state index in [4.69, 9.17) is 39.6 Å².